The monoisotopic (exact) mass is 334 g/mol. The van der Waals surface area contributed by atoms with Gasteiger partial charge >= 0.3 is 6.18 Å². The summed E-state index contributed by atoms with van der Waals surface area (Å²) in [7, 11) is 1.31. The first-order valence-electron chi connectivity index (χ1n) is 5.32. The Labute approximate surface area is 116 Å². The lowest BCUT2D eigenvalue weighted by Gasteiger charge is -2.06. The van der Waals surface area contributed by atoms with Crippen LogP contribution in [0.1, 0.15) is 11.3 Å². The number of benzene rings is 1. The maximum atomic E-state index is 12.6. The van der Waals surface area contributed by atoms with Gasteiger partial charge in [0, 0.05) is 11.4 Å². The number of methoxy groups -OCH3 is 1. The number of aromatic nitrogens is 2. The summed E-state index contributed by atoms with van der Waals surface area (Å²) in [5.41, 5.74) is 0.553. The van der Waals surface area contributed by atoms with Gasteiger partial charge in [-0.2, -0.15) is 18.3 Å². The topological polar surface area (TPSA) is 27.1 Å². The van der Waals surface area contributed by atoms with Crippen LogP contribution in [0, 0.1) is 0 Å². The Hall–Kier alpha value is -1.50. The highest BCUT2D eigenvalue weighted by molar-refractivity contribution is 9.08. The van der Waals surface area contributed by atoms with Crippen LogP contribution in [-0.2, 0) is 11.5 Å². The highest BCUT2D eigenvalue weighted by Gasteiger charge is 2.35. The molecule has 19 heavy (non-hydrogen) atoms. The van der Waals surface area contributed by atoms with Crippen LogP contribution < -0.4 is 4.74 Å². The van der Waals surface area contributed by atoms with Crippen molar-refractivity contribution in [3.63, 3.8) is 0 Å². The molecule has 0 aliphatic rings. The molecule has 1 aromatic carbocycles. The fourth-order valence-corrected chi connectivity index (χ4v) is 1.93. The summed E-state index contributed by atoms with van der Waals surface area (Å²) in [5, 5.41) is 4.21. The minimum absolute atomic E-state index is 0.0407. The quantitative estimate of drug-likeness (QED) is 0.798. The Morgan fingerprint density at radius 1 is 1.26 bits per heavy atom. The van der Waals surface area contributed by atoms with Crippen LogP contribution in [0.5, 0.6) is 5.88 Å². The molecule has 2 rings (SSSR count). The van der Waals surface area contributed by atoms with Gasteiger partial charge < -0.3 is 4.74 Å². The highest BCUT2D eigenvalue weighted by Crippen LogP contribution is 2.32. The van der Waals surface area contributed by atoms with Gasteiger partial charge in [0.05, 0.1) is 12.8 Å². The molecule has 0 amide bonds. The van der Waals surface area contributed by atoms with Crippen LogP contribution in [0.15, 0.2) is 30.3 Å². The molecule has 0 saturated carbocycles. The molecule has 1 aromatic heterocycles. The van der Waals surface area contributed by atoms with E-state index < -0.39 is 11.9 Å². The van der Waals surface area contributed by atoms with Crippen LogP contribution in [0.3, 0.4) is 0 Å². The molecule has 0 radical (unpaired) electrons. The average molecular weight is 335 g/mol. The van der Waals surface area contributed by atoms with Gasteiger partial charge in [-0.3, -0.25) is 0 Å². The number of rotatable bonds is 3. The lowest BCUT2D eigenvalue weighted by Crippen LogP contribution is -2.07. The molecule has 0 bridgehead atoms. The van der Waals surface area contributed by atoms with Crippen LogP contribution in [-0.4, -0.2) is 16.9 Å². The SMILES string of the molecule is COc1cc(C(F)(F)F)nn1-c1ccc(CBr)cc1. The zero-order valence-corrected chi connectivity index (χ0v) is 11.5. The van der Waals surface area contributed by atoms with Gasteiger partial charge in [0.25, 0.3) is 0 Å². The maximum absolute atomic E-state index is 12.6. The van der Waals surface area contributed by atoms with E-state index in [0.717, 1.165) is 16.3 Å². The molecule has 0 aliphatic carbocycles. The zero-order chi connectivity index (χ0) is 14.0. The predicted octanol–water partition coefficient (Wildman–Crippen LogP) is 3.79. The van der Waals surface area contributed by atoms with E-state index in [1.165, 1.54) is 7.11 Å². The van der Waals surface area contributed by atoms with Crippen molar-refractivity contribution >= 4 is 15.9 Å². The fraction of sp³-hybridized carbons (Fsp3) is 0.250. The fourth-order valence-electron chi connectivity index (χ4n) is 1.56. The smallest absolute Gasteiger partial charge is 0.435 e. The third kappa shape index (κ3) is 2.91. The molecule has 0 spiro atoms. The van der Waals surface area contributed by atoms with E-state index in [2.05, 4.69) is 21.0 Å². The molecule has 0 saturated heterocycles. The van der Waals surface area contributed by atoms with Crippen LogP contribution >= 0.6 is 15.9 Å². The van der Waals surface area contributed by atoms with Gasteiger partial charge in [0.2, 0.25) is 5.88 Å². The standard InChI is InChI=1S/C12H10BrF3N2O/c1-19-11-6-10(12(14,15)16)17-18(11)9-4-2-8(7-13)3-5-9/h2-6H,7H2,1H3. The lowest BCUT2D eigenvalue weighted by molar-refractivity contribution is -0.141. The van der Waals surface area contributed by atoms with Gasteiger partial charge in [-0.25, -0.2) is 4.68 Å². The zero-order valence-electron chi connectivity index (χ0n) is 9.91. The molecule has 3 nitrogen and oxygen atoms in total. The van der Waals surface area contributed by atoms with Crippen LogP contribution in [0.4, 0.5) is 13.2 Å². The summed E-state index contributed by atoms with van der Waals surface area (Å²) < 4.78 is 43.9. The number of ether oxygens (including phenoxy) is 1. The lowest BCUT2D eigenvalue weighted by atomic mass is 10.2. The van der Waals surface area contributed by atoms with E-state index in [-0.39, 0.29) is 5.88 Å². The van der Waals surface area contributed by atoms with Gasteiger partial charge in [0.15, 0.2) is 5.69 Å². The molecular weight excluding hydrogens is 325 g/mol. The Bertz CT molecular complexity index is 563. The minimum atomic E-state index is -4.49. The van der Waals surface area contributed by atoms with Crippen molar-refractivity contribution in [1.29, 1.82) is 0 Å². The van der Waals surface area contributed by atoms with E-state index in [0.29, 0.717) is 11.0 Å². The van der Waals surface area contributed by atoms with E-state index in [1.54, 1.807) is 24.3 Å². The number of alkyl halides is 4. The summed E-state index contributed by atoms with van der Waals surface area (Å²) in [4.78, 5) is 0. The van der Waals surface area contributed by atoms with Gasteiger partial charge in [-0.1, -0.05) is 28.1 Å². The van der Waals surface area contributed by atoms with E-state index in [4.69, 9.17) is 4.74 Å². The van der Waals surface area contributed by atoms with Gasteiger partial charge in [-0.05, 0) is 17.7 Å². The second-order valence-electron chi connectivity index (χ2n) is 3.78. The van der Waals surface area contributed by atoms with Gasteiger partial charge in [0.1, 0.15) is 0 Å². The first-order chi connectivity index (χ1) is 8.95. The Morgan fingerprint density at radius 2 is 1.89 bits per heavy atom. The van der Waals surface area contributed by atoms with Crippen molar-refractivity contribution in [1.82, 2.24) is 9.78 Å². The number of hydrogen-bond acceptors (Lipinski definition) is 2. The summed E-state index contributed by atoms with van der Waals surface area (Å²) in [6.45, 7) is 0. The molecular formula is C12H10BrF3N2O. The third-order valence-electron chi connectivity index (χ3n) is 2.51. The largest absolute Gasteiger partial charge is 0.481 e. The van der Waals surface area contributed by atoms with E-state index in [9.17, 15) is 13.2 Å². The van der Waals surface area contributed by atoms with Crippen LogP contribution in [0.2, 0.25) is 0 Å². The number of halogens is 4. The number of hydrogen-bond donors (Lipinski definition) is 0. The molecule has 1 heterocycles. The van der Waals surface area contributed by atoms with E-state index in [1.807, 2.05) is 0 Å². The van der Waals surface area contributed by atoms with Crippen molar-refractivity contribution in [2.45, 2.75) is 11.5 Å². The van der Waals surface area contributed by atoms with Crippen LogP contribution in [0.25, 0.3) is 5.69 Å². The average Bonchev–Trinajstić information content (AvgIpc) is 2.83. The molecule has 102 valence electrons. The first kappa shape index (κ1) is 13.9. The number of nitrogens with zero attached hydrogens (tertiary/aromatic N) is 2. The minimum Gasteiger partial charge on any atom is -0.481 e. The molecule has 0 fully saturated rings. The molecule has 0 atom stereocenters. The summed E-state index contributed by atoms with van der Waals surface area (Å²) in [6.07, 6.45) is -4.49. The van der Waals surface area contributed by atoms with Crippen molar-refractivity contribution in [3.8, 4) is 11.6 Å². The maximum Gasteiger partial charge on any atom is 0.435 e. The predicted molar refractivity (Wildman–Crippen MR) is 67.7 cm³/mol. The Kier molecular flexibility index (Phi) is 3.84. The summed E-state index contributed by atoms with van der Waals surface area (Å²) >= 11 is 3.30. The van der Waals surface area contributed by atoms with E-state index >= 15 is 0 Å². The summed E-state index contributed by atoms with van der Waals surface area (Å²) in [5.74, 6) is 0.0407. The molecule has 2 aromatic rings. The molecule has 7 heteroatoms. The first-order valence-corrected chi connectivity index (χ1v) is 6.44. The third-order valence-corrected chi connectivity index (χ3v) is 3.16. The van der Waals surface area contributed by atoms with Crippen molar-refractivity contribution in [2.75, 3.05) is 7.11 Å². The Balaban J connectivity index is 2.45. The van der Waals surface area contributed by atoms with Crippen molar-refractivity contribution in [2.24, 2.45) is 0 Å². The second kappa shape index (κ2) is 5.24. The molecule has 0 aliphatic heterocycles. The normalized spacial score (nSPS) is 11.6. The van der Waals surface area contributed by atoms with Crippen molar-refractivity contribution in [3.05, 3.63) is 41.6 Å². The second-order valence-corrected chi connectivity index (χ2v) is 4.34. The van der Waals surface area contributed by atoms with Gasteiger partial charge in [-0.15, -0.1) is 0 Å². The van der Waals surface area contributed by atoms with Crippen molar-refractivity contribution < 1.29 is 17.9 Å². The molecule has 0 unspecified atom stereocenters. The Morgan fingerprint density at radius 3 is 2.37 bits per heavy atom. The highest BCUT2D eigenvalue weighted by atomic mass is 79.9. The summed E-state index contributed by atoms with van der Waals surface area (Å²) in [6, 6.07) is 7.86. The molecule has 0 N–H and O–H groups in total.